The molecule has 0 aliphatic rings. The molecule has 1 heterocycles. The lowest BCUT2D eigenvalue weighted by Gasteiger charge is -2.09. The van der Waals surface area contributed by atoms with Crippen LogP contribution in [0.4, 0.5) is 5.82 Å². The van der Waals surface area contributed by atoms with Crippen LogP contribution < -0.4 is 5.73 Å². The fourth-order valence-electron chi connectivity index (χ4n) is 2.02. The fourth-order valence-corrected chi connectivity index (χ4v) is 2.40. The maximum Gasteiger partial charge on any atom is 0.402 e. The van der Waals surface area contributed by atoms with E-state index in [0.29, 0.717) is 5.56 Å². The summed E-state index contributed by atoms with van der Waals surface area (Å²) in [5.41, 5.74) is 5.35. The molecule has 1 aromatic carbocycles. The number of hydrogen-bond acceptors (Lipinski definition) is 6. The minimum Gasteiger partial charge on any atom is -0.460 e. The minimum absolute atomic E-state index is 0.00674. The molecule has 0 aliphatic carbocycles. The quantitative estimate of drug-likeness (QED) is 0.336. The zero-order valence-electron chi connectivity index (χ0n) is 12.6. The molecule has 0 unspecified atom stereocenters. The second kappa shape index (κ2) is 7.95. The van der Waals surface area contributed by atoms with Gasteiger partial charge in [-0.15, -0.1) is 23.2 Å². The lowest BCUT2D eigenvalue weighted by atomic mass is 10.1. The van der Waals surface area contributed by atoms with Gasteiger partial charge in [0.15, 0.2) is 5.56 Å². The summed E-state index contributed by atoms with van der Waals surface area (Å²) in [4.78, 5) is 32.4. The molecule has 0 radical (unpaired) electrons. The molecule has 25 heavy (non-hydrogen) atoms. The van der Waals surface area contributed by atoms with Crippen LogP contribution in [0.25, 0.3) is 0 Å². The average Bonchev–Trinajstić information content (AvgIpc) is 2.99. The number of aromatic nitrogens is 2. The number of halogens is 2. The van der Waals surface area contributed by atoms with Crippen LogP contribution in [0.5, 0.6) is 0 Å². The van der Waals surface area contributed by atoms with Crippen molar-refractivity contribution in [3.63, 3.8) is 0 Å². The normalized spacial score (nSPS) is 10.7. The van der Waals surface area contributed by atoms with Gasteiger partial charge in [-0.3, -0.25) is 4.79 Å². The van der Waals surface area contributed by atoms with Crippen LogP contribution in [-0.4, -0.2) is 33.2 Å². The summed E-state index contributed by atoms with van der Waals surface area (Å²) in [5, 5.41) is 14.4. The van der Waals surface area contributed by atoms with E-state index >= 15 is 0 Å². The average molecular weight is 387 g/mol. The molecule has 1 amide bonds. The number of hydrogen-bond donors (Lipinski definition) is 1. The Balaban J connectivity index is 2.04. The Kier molecular flexibility index (Phi) is 5.94. The molecule has 0 fully saturated rings. The number of nitro groups is 1. The van der Waals surface area contributed by atoms with E-state index in [-0.39, 0.29) is 24.3 Å². The molecular weight excluding hydrogens is 375 g/mol. The molecule has 132 valence electrons. The van der Waals surface area contributed by atoms with Crippen molar-refractivity contribution in [2.24, 2.45) is 5.73 Å². The number of amides is 1. The molecule has 1 aromatic heterocycles. The minimum atomic E-state index is -0.973. The van der Waals surface area contributed by atoms with Gasteiger partial charge in [0.05, 0.1) is 23.4 Å². The highest BCUT2D eigenvalue weighted by atomic mass is 35.5. The summed E-state index contributed by atoms with van der Waals surface area (Å²) in [6.07, 6.45) is 1.12. The predicted octanol–water partition coefficient (Wildman–Crippen LogP) is 2.22. The molecular formula is C14H12Cl2N4O5. The first-order valence-corrected chi connectivity index (χ1v) is 7.74. The van der Waals surface area contributed by atoms with Crippen LogP contribution in [0.1, 0.15) is 31.1 Å². The molecule has 9 nitrogen and oxygen atoms in total. The van der Waals surface area contributed by atoms with E-state index in [9.17, 15) is 19.7 Å². The molecule has 2 N–H and O–H groups in total. The van der Waals surface area contributed by atoms with Crippen molar-refractivity contribution < 1.29 is 19.2 Å². The predicted molar refractivity (Wildman–Crippen MR) is 88.6 cm³/mol. The van der Waals surface area contributed by atoms with Gasteiger partial charge in [-0.05, 0) is 16.6 Å². The number of alkyl halides is 2. The standard InChI is InChI=1S/C14H12Cl2N4O5/c15-11(16)8-3-1-2-4-9(8)14(22)25-6-5-19-7-10(12(17)21)13(18-19)20(23)24/h1-4,7,11H,5-6H2,(H2,17,21). The van der Waals surface area contributed by atoms with Crippen molar-refractivity contribution in [3.8, 4) is 0 Å². The topological polar surface area (TPSA) is 130 Å². The third-order valence-corrected chi connectivity index (χ3v) is 3.62. The van der Waals surface area contributed by atoms with Gasteiger partial charge in [0, 0.05) is 0 Å². The molecule has 0 spiro atoms. The van der Waals surface area contributed by atoms with E-state index in [2.05, 4.69) is 5.10 Å². The van der Waals surface area contributed by atoms with Crippen molar-refractivity contribution in [3.05, 3.63) is 57.3 Å². The van der Waals surface area contributed by atoms with E-state index in [1.54, 1.807) is 18.2 Å². The monoisotopic (exact) mass is 386 g/mol. The number of nitrogens with two attached hydrogens (primary N) is 1. The second-order valence-electron chi connectivity index (χ2n) is 4.77. The first-order valence-electron chi connectivity index (χ1n) is 6.87. The van der Waals surface area contributed by atoms with Gasteiger partial charge in [-0.2, -0.15) is 4.68 Å². The van der Waals surface area contributed by atoms with Gasteiger partial charge in [0.25, 0.3) is 5.91 Å². The summed E-state index contributed by atoms with van der Waals surface area (Å²) >= 11 is 11.6. The molecule has 0 saturated heterocycles. The number of esters is 1. The van der Waals surface area contributed by atoms with E-state index < -0.39 is 27.5 Å². The summed E-state index contributed by atoms with van der Waals surface area (Å²) in [6.45, 7) is -0.146. The van der Waals surface area contributed by atoms with Crippen LogP contribution in [-0.2, 0) is 11.3 Å². The highest BCUT2D eigenvalue weighted by Gasteiger charge is 2.25. The van der Waals surface area contributed by atoms with Crippen molar-refractivity contribution in [2.75, 3.05) is 6.61 Å². The Labute approximate surface area is 151 Å². The maximum absolute atomic E-state index is 12.1. The molecule has 0 bridgehead atoms. The second-order valence-corrected chi connectivity index (χ2v) is 5.87. The molecule has 0 atom stereocenters. The SMILES string of the molecule is NC(=O)c1cn(CCOC(=O)c2ccccc2C(Cl)Cl)nc1[N+](=O)[O-]. The smallest absolute Gasteiger partial charge is 0.402 e. The number of benzene rings is 1. The lowest BCUT2D eigenvalue weighted by molar-refractivity contribution is -0.390. The van der Waals surface area contributed by atoms with E-state index in [0.717, 1.165) is 10.9 Å². The van der Waals surface area contributed by atoms with E-state index in [1.807, 2.05) is 0 Å². The van der Waals surface area contributed by atoms with E-state index in [1.165, 1.54) is 6.07 Å². The summed E-state index contributed by atoms with van der Waals surface area (Å²) in [7, 11) is 0. The van der Waals surface area contributed by atoms with Crippen LogP contribution in [0.2, 0.25) is 0 Å². The molecule has 0 saturated carbocycles. The van der Waals surface area contributed by atoms with Crippen LogP contribution in [0.3, 0.4) is 0 Å². The van der Waals surface area contributed by atoms with E-state index in [4.69, 9.17) is 33.7 Å². The van der Waals surface area contributed by atoms with Crippen LogP contribution in [0, 0.1) is 10.1 Å². The zero-order valence-corrected chi connectivity index (χ0v) is 14.1. The largest absolute Gasteiger partial charge is 0.460 e. The van der Waals surface area contributed by atoms with Crippen molar-refractivity contribution in [1.29, 1.82) is 0 Å². The van der Waals surface area contributed by atoms with Crippen molar-refractivity contribution in [2.45, 2.75) is 11.4 Å². The summed E-state index contributed by atoms with van der Waals surface area (Å²) in [6, 6.07) is 6.42. The van der Waals surface area contributed by atoms with Crippen LogP contribution >= 0.6 is 23.2 Å². The number of carbonyl (C=O) groups is 2. The highest BCUT2D eigenvalue weighted by molar-refractivity contribution is 6.44. The Hall–Kier alpha value is -2.65. The number of primary amides is 1. The zero-order chi connectivity index (χ0) is 18.6. The lowest BCUT2D eigenvalue weighted by Crippen LogP contribution is -2.14. The molecule has 2 rings (SSSR count). The number of carbonyl (C=O) groups excluding carboxylic acids is 2. The molecule has 11 heteroatoms. The van der Waals surface area contributed by atoms with Crippen molar-refractivity contribution >= 4 is 40.9 Å². The Morgan fingerprint density at radius 1 is 1.32 bits per heavy atom. The van der Waals surface area contributed by atoms with Gasteiger partial charge in [-0.25, -0.2) is 4.79 Å². The van der Waals surface area contributed by atoms with Gasteiger partial charge in [0.2, 0.25) is 0 Å². The third-order valence-electron chi connectivity index (χ3n) is 3.15. The maximum atomic E-state index is 12.1. The summed E-state index contributed by atoms with van der Waals surface area (Å²) in [5.74, 6) is -2.28. The fraction of sp³-hybridized carbons (Fsp3) is 0.214. The Morgan fingerprint density at radius 2 is 2.00 bits per heavy atom. The highest BCUT2D eigenvalue weighted by Crippen LogP contribution is 2.28. The summed E-state index contributed by atoms with van der Waals surface area (Å²) < 4.78 is 6.19. The first-order chi connectivity index (χ1) is 11.8. The van der Waals surface area contributed by atoms with Gasteiger partial charge >= 0.3 is 11.8 Å². The van der Waals surface area contributed by atoms with Gasteiger partial charge < -0.3 is 20.6 Å². The number of ether oxygens (including phenoxy) is 1. The first kappa shape index (κ1) is 18.7. The van der Waals surface area contributed by atoms with Crippen molar-refractivity contribution in [1.82, 2.24) is 9.78 Å². The number of rotatable bonds is 7. The van der Waals surface area contributed by atoms with Gasteiger partial charge in [0.1, 0.15) is 11.4 Å². The third kappa shape index (κ3) is 4.46. The van der Waals surface area contributed by atoms with Gasteiger partial charge in [-0.1, -0.05) is 18.2 Å². The Bertz CT molecular complexity index is 790. The van der Waals surface area contributed by atoms with Crippen LogP contribution in [0.15, 0.2) is 30.5 Å². The number of nitrogens with zero attached hydrogens (tertiary/aromatic N) is 3. The molecule has 0 aliphatic heterocycles. The Morgan fingerprint density at radius 3 is 2.56 bits per heavy atom. The molecule has 2 aromatic rings.